The van der Waals surface area contributed by atoms with Crippen LogP contribution in [0.25, 0.3) is 0 Å². The van der Waals surface area contributed by atoms with Gasteiger partial charge in [0, 0.05) is 6.54 Å². The predicted octanol–water partition coefficient (Wildman–Crippen LogP) is 3.71. The van der Waals surface area contributed by atoms with Crippen LogP contribution in [-0.4, -0.2) is 25.5 Å². The Morgan fingerprint density at radius 2 is 2.00 bits per heavy atom. The number of esters is 1. The maximum atomic E-state index is 13.0. The van der Waals surface area contributed by atoms with Crippen LogP contribution in [0.4, 0.5) is 13.2 Å². The number of aryl methyl sites for hydroxylation is 1. The average molecular weight is 361 g/mol. The first kappa shape index (κ1) is 19.3. The summed E-state index contributed by atoms with van der Waals surface area (Å²) in [6.45, 7) is 1.23. The number of carbonyl (C=O) groups is 2. The van der Waals surface area contributed by atoms with E-state index in [0.29, 0.717) is 18.6 Å². The lowest BCUT2D eigenvalue weighted by Crippen LogP contribution is -2.35. The van der Waals surface area contributed by atoms with Gasteiger partial charge in [-0.1, -0.05) is 25.7 Å². The van der Waals surface area contributed by atoms with Crippen molar-refractivity contribution in [1.82, 2.24) is 5.32 Å². The molecular weight excluding hydrogens is 339 g/mol. The highest BCUT2D eigenvalue weighted by molar-refractivity contribution is 5.97. The average Bonchev–Trinajstić information content (AvgIpc) is 3.19. The lowest BCUT2D eigenvalue weighted by atomic mass is 9.93. The van der Waals surface area contributed by atoms with E-state index < -0.39 is 35.1 Å². The summed E-state index contributed by atoms with van der Waals surface area (Å²) in [5, 5.41) is 2.43. The van der Waals surface area contributed by atoms with E-state index in [4.69, 9.17) is 9.15 Å². The van der Waals surface area contributed by atoms with E-state index in [1.165, 1.54) is 14.0 Å². The van der Waals surface area contributed by atoms with Gasteiger partial charge in [0.1, 0.15) is 17.6 Å². The van der Waals surface area contributed by atoms with Gasteiger partial charge in [0.15, 0.2) is 0 Å². The Hall–Kier alpha value is -1.99. The van der Waals surface area contributed by atoms with Crippen LogP contribution in [0.1, 0.15) is 53.8 Å². The molecule has 1 heterocycles. The van der Waals surface area contributed by atoms with Gasteiger partial charge in [0.05, 0.1) is 18.6 Å². The Morgan fingerprint density at radius 1 is 1.36 bits per heavy atom. The summed E-state index contributed by atoms with van der Waals surface area (Å²) in [7, 11) is 1.26. The number of carbonyl (C=O) groups excluding carboxylic acids is 2. The van der Waals surface area contributed by atoms with Crippen LogP contribution in [0.5, 0.6) is 0 Å². The molecule has 0 aromatic carbocycles. The van der Waals surface area contributed by atoms with Gasteiger partial charge in [0.25, 0.3) is 5.91 Å². The topological polar surface area (TPSA) is 68.5 Å². The Kier molecular flexibility index (Phi) is 6.13. The van der Waals surface area contributed by atoms with E-state index in [-0.39, 0.29) is 12.3 Å². The minimum atomic E-state index is -4.68. The van der Waals surface area contributed by atoms with Crippen molar-refractivity contribution in [2.45, 2.75) is 45.2 Å². The predicted molar refractivity (Wildman–Crippen MR) is 82.9 cm³/mol. The summed E-state index contributed by atoms with van der Waals surface area (Å²) < 4.78 is 48.4. The van der Waals surface area contributed by atoms with E-state index in [1.807, 2.05) is 0 Å². The molecule has 8 heteroatoms. The Bertz CT molecular complexity index is 618. The van der Waals surface area contributed by atoms with Crippen molar-refractivity contribution in [3.63, 3.8) is 0 Å². The largest absolute Gasteiger partial charge is 0.469 e. The lowest BCUT2D eigenvalue weighted by Gasteiger charge is -2.19. The number of methoxy groups -OCH3 is 1. The third kappa shape index (κ3) is 4.76. The molecule has 0 spiro atoms. The maximum Gasteiger partial charge on any atom is 0.420 e. The molecule has 0 radical (unpaired) electrons. The number of hydrogen-bond donors (Lipinski definition) is 1. The van der Waals surface area contributed by atoms with Gasteiger partial charge in [-0.3, -0.25) is 9.59 Å². The van der Waals surface area contributed by atoms with Crippen LogP contribution in [0.15, 0.2) is 10.7 Å². The zero-order chi connectivity index (χ0) is 18.6. The molecule has 140 valence electrons. The van der Waals surface area contributed by atoms with Gasteiger partial charge >= 0.3 is 12.1 Å². The smallest absolute Gasteiger partial charge is 0.420 e. The third-order valence-electron chi connectivity index (χ3n) is 4.64. The fraction of sp³-hybridized carbons (Fsp3) is 0.647. The fourth-order valence-electron chi connectivity index (χ4n) is 3.33. The molecule has 1 N–H and O–H groups in total. The minimum Gasteiger partial charge on any atom is -0.469 e. The van der Waals surface area contributed by atoms with E-state index in [2.05, 4.69) is 5.32 Å². The summed E-state index contributed by atoms with van der Waals surface area (Å²) in [5.74, 6) is -1.68. The summed E-state index contributed by atoms with van der Waals surface area (Å²) in [6, 6.07) is 0. The fourth-order valence-corrected chi connectivity index (χ4v) is 3.33. The second-order valence-electron chi connectivity index (χ2n) is 6.39. The van der Waals surface area contributed by atoms with Crippen LogP contribution in [0.2, 0.25) is 0 Å². The van der Waals surface area contributed by atoms with Crippen molar-refractivity contribution in [3.8, 4) is 0 Å². The van der Waals surface area contributed by atoms with Crippen LogP contribution >= 0.6 is 0 Å². The molecule has 1 aromatic heterocycles. The van der Waals surface area contributed by atoms with Gasteiger partial charge in [-0.15, -0.1) is 0 Å². The first-order valence-corrected chi connectivity index (χ1v) is 8.25. The molecule has 0 bridgehead atoms. The number of rotatable bonds is 6. The van der Waals surface area contributed by atoms with E-state index >= 15 is 0 Å². The first-order chi connectivity index (χ1) is 11.7. The van der Waals surface area contributed by atoms with E-state index in [0.717, 1.165) is 25.7 Å². The third-order valence-corrected chi connectivity index (χ3v) is 4.64. The Morgan fingerprint density at radius 3 is 2.56 bits per heavy atom. The summed E-state index contributed by atoms with van der Waals surface area (Å²) >= 11 is 0. The number of nitrogens with one attached hydrogen (secondary N) is 1. The van der Waals surface area contributed by atoms with Crippen LogP contribution in [0.3, 0.4) is 0 Å². The highest BCUT2D eigenvalue weighted by atomic mass is 19.4. The zero-order valence-electron chi connectivity index (χ0n) is 14.2. The molecule has 25 heavy (non-hydrogen) atoms. The molecule has 1 aliphatic rings. The van der Waals surface area contributed by atoms with Crippen molar-refractivity contribution >= 4 is 11.9 Å². The number of halogens is 3. The number of ether oxygens (including phenoxy) is 1. The highest BCUT2D eigenvalue weighted by Gasteiger charge is 2.39. The second-order valence-corrected chi connectivity index (χ2v) is 6.39. The van der Waals surface area contributed by atoms with Crippen molar-refractivity contribution in [1.29, 1.82) is 0 Å². The molecule has 1 saturated carbocycles. The summed E-state index contributed by atoms with van der Waals surface area (Å²) in [5.41, 5.74) is -1.66. The highest BCUT2D eigenvalue weighted by Crippen LogP contribution is 2.34. The number of amides is 1. The molecule has 5 nitrogen and oxygen atoms in total. The molecule has 2 rings (SSSR count). The number of hydrogen-bond acceptors (Lipinski definition) is 4. The SMILES string of the molecule is COC(=O)C(CNC(=O)c1c(C(F)(F)F)coc1C)CC1CCCC1. The van der Waals surface area contributed by atoms with Gasteiger partial charge < -0.3 is 14.5 Å². The van der Waals surface area contributed by atoms with Crippen molar-refractivity contribution in [2.24, 2.45) is 11.8 Å². The summed E-state index contributed by atoms with van der Waals surface area (Å²) in [4.78, 5) is 24.1. The zero-order valence-corrected chi connectivity index (χ0v) is 14.2. The molecular formula is C17H22F3NO4. The molecule has 1 amide bonds. The molecule has 1 unspecified atom stereocenters. The van der Waals surface area contributed by atoms with Gasteiger partial charge in [-0.05, 0) is 19.3 Å². The standard InChI is InChI=1S/C17H22F3NO4/c1-10-14(13(9-25-10)17(18,19)20)15(22)21-8-12(16(23)24-2)7-11-5-3-4-6-11/h9,11-12H,3-8H2,1-2H3,(H,21,22). The Labute approximate surface area is 143 Å². The van der Waals surface area contributed by atoms with Gasteiger partial charge in [-0.2, -0.15) is 13.2 Å². The van der Waals surface area contributed by atoms with E-state index in [1.54, 1.807) is 0 Å². The maximum absolute atomic E-state index is 13.0. The summed E-state index contributed by atoms with van der Waals surface area (Å²) in [6.07, 6.45) is 0.642. The first-order valence-electron chi connectivity index (χ1n) is 8.25. The Balaban J connectivity index is 2.05. The number of alkyl halides is 3. The monoisotopic (exact) mass is 361 g/mol. The molecule has 0 aliphatic heterocycles. The van der Waals surface area contributed by atoms with E-state index in [9.17, 15) is 22.8 Å². The van der Waals surface area contributed by atoms with Crippen LogP contribution < -0.4 is 5.32 Å². The molecule has 1 fully saturated rings. The quantitative estimate of drug-likeness (QED) is 0.785. The molecule has 1 atom stereocenters. The second kappa shape index (κ2) is 7.93. The lowest BCUT2D eigenvalue weighted by molar-refractivity contribution is -0.146. The molecule has 1 aliphatic carbocycles. The van der Waals surface area contributed by atoms with Crippen LogP contribution in [-0.2, 0) is 15.7 Å². The number of furan rings is 1. The van der Waals surface area contributed by atoms with Gasteiger partial charge in [-0.25, -0.2) is 0 Å². The van der Waals surface area contributed by atoms with Crippen molar-refractivity contribution in [2.75, 3.05) is 13.7 Å². The molecule has 1 aromatic rings. The minimum absolute atomic E-state index is 0.0656. The normalized spacial score (nSPS) is 16.7. The molecule has 0 saturated heterocycles. The van der Waals surface area contributed by atoms with Crippen molar-refractivity contribution in [3.05, 3.63) is 23.2 Å². The van der Waals surface area contributed by atoms with Gasteiger partial charge in [0.2, 0.25) is 0 Å². The van der Waals surface area contributed by atoms with Crippen LogP contribution in [0, 0.1) is 18.8 Å². The van der Waals surface area contributed by atoms with Crippen molar-refractivity contribution < 1.29 is 31.9 Å².